The molecule has 1 rings (SSSR count). The Labute approximate surface area is 118 Å². The number of ether oxygens (including phenoxy) is 1. The molecule has 1 aromatic rings. The van der Waals surface area contributed by atoms with Crippen LogP contribution in [0.15, 0.2) is 40.9 Å². The zero-order valence-electron chi connectivity index (χ0n) is 11.6. The third-order valence-corrected chi connectivity index (χ3v) is 2.90. The van der Waals surface area contributed by atoms with Gasteiger partial charge in [-0.1, -0.05) is 32.1 Å². The first-order valence-electron chi connectivity index (χ1n) is 6.10. The van der Waals surface area contributed by atoms with E-state index in [0.29, 0.717) is 11.7 Å². The van der Waals surface area contributed by atoms with Gasteiger partial charge in [-0.05, 0) is 42.1 Å². The highest BCUT2D eigenvalue weighted by molar-refractivity contribution is 6.70. The lowest BCUT2D eigenvalue weighted by atomic mass is 10.0. The summed E-state index contributed by atoms with van der Waals surface area (Å²) in [6.07, 6.45) is 1.58. The topological polar surface area (TPSA) is 38.7 Å². The molecule has 102 valence electrons. The van der Waals surface area contributed by atoms with Gasteiger partial charge in [0.2, 0.25) is 5.90 Å². The molecule has 19 heavy (non-hydrogen) atoms. The van der Waals surface area contributed by atoms with Gasteiger partial charge < -0.3 is 4.74 Å². The predicted octanol–water partition coefficient (Wildman–Crippen LogP) is 3.93. The van der Waals surface area contributed by atoms with Crippen molar-refractivity contribution in [2.24, 2.45) is 4.99 Å². The quantitative estimate of drug-likeness (QED) is 0.362. The smallest absolute Gasteiger partial charge is 0.257 e. The average molecular weight is 280 g/mol. The minimum atomic E-state index is -0.582. The summed E-state index contributed by atoms with van der Waals surface area (Å²) in [4.78, 5) is 15.2. The summed E-state index contributed by atoms with van der Waals surface area (Å²) in [6, 6.07) is 7.69. The van der Waals surface area contributed by atoms with Crippen LogP contribution in [0.25, 0.3) is 0 Å². The molecule has 0 aliphatic carbocycles. The summed E-state index contributed by atoms with van der Waals surface area (Å²) < 4.78 is 5.59. The Hall–Kier alpha value is -1.61. The second-order valence-corrected chi connectivity index (χ2v) is 4.67. The first-order chi connectivity index (χ1) is 8.99. The van der Waals surface area contributed by atoms with Gasteiger partial charge in [0.1, 0.15) is 5.75 Å². The minimum Gasteiger partial charge on any atom is -0.439 e. The highest BCUT2D eigenvalue weighted by Gasteiger charge is 2.15. The molecule has 0 fully saturated rings. The normalized spacial score (nSPS) is 12.7. The van der Waals surface area contributed by atoms with Crippen LogP contribution in [0.1, 0.15) is 32.3 Å². The van der Waals surface area contributed by atoms with Gasteiger partial charge >= 0.3 is 0 Å². The molecule has 0 spiro atoms. The molecule has 0 unspecified atom stereocenters. The first kappa shape index (κ1) is 15.4. The van der Waals surface area contributed by atoms with Gasteiger partial charge in [-0.2, -0.15) is 0 Å². The van der Waals surface area contributed by atoms with E-state index in [9.17, 15) is 4.79 Å². The molecule has 1 aromatic carbocycles. The van der Waals surface area contributed by atoms with Crippen LogP contribution in [0.3, 0.4) is 0 Å². The molecule has 4 heteroatoms. The zero-order chi connectivity index (χ0) is 14.4. The summed E-state index contributed by atoms with van der Waals surface area (Å²) in [5, 5.41) is -0.582. The molecule has 0 aromatic heterocycles. The standard InChI is InChI=1S/C15H18ClNO2/c1-5-13(14(16)18)15(17-4)19-12-8-6-11(7-9-12)10(2)3/h5-10H,1-4H3/b13-5-,17-15?. The molecule has 0 atom stereocenters. The van der Waals surface area contributed by atoms with E-state index in [0.717, 1.165) is 0 Å². The van der Waals surface area contributed by atoms with E-state index in [4.69, 9.17) is 16.3 Å². The Kier molecular flexibility index (Phi) is 5.77. The van der Waals surface area contributed by atoms with Crippen molar-refractivity contribution < 1.29 is 9.53 Å². The van der Waals surface area contributed by atoms with Crippen molar-refractivity contribution in [1.29, 1.82) is 0 Å². The van der Waals surface area contributed by atoms with Gasteiger partial charge in [-0.25, -0.2) is 0 Å². The molecule has 0 saturated heterocycles. The van der Waals surface area contributed by atoms with E-state index in [1.54, 1.807) is 20.0 Å². The van der Waals surface area contributed by atoms with Crippen LogP contribution in [-0.2, 0) is 4.79 Å². The van der Waals surface area contributed by atoms with Crippen molar-refractivity contribution in [2.45, 2.75) is 26.7 Å². The van der Waals surface area contributed by atoms with E-state index in [1.165, 1.54) is 5.56 Å². The number of halogens is 1. The van der Waals surface area contributed by atoms with E-state index in [2.05, 4.69) is 18.8 Å². The molecular weight excluding hydrogens is 262 g/mol. The van der Waals surface area contributed by atoms with Crippen LogP contribution in [0.4, 0.5) is 0 Å². The second-order valence-electron chi connectivity index (χ2n) is 4.33. The van der Waals surface area contributed by atoms with Crippen LogP contribution in [-0.4, -0.2) is 18.2 Å². The van der Waals surface area contributed by atoms with Crippen LogP contribution < -0.4 is 4.74 Å². The predicted molar refractivity (Wildman–Crippen MR) is 79.1 cm³/mol. The summed E-state index contributed by atoms with van der Waals surface area (Å²) in [5.74, 6) is 1.31. The highest BCUT2D eigenvalue weighted by Crippen LogP contribution is 2.20. The van der Waals surface area contributed by atoms with Gasteiger partial charge in [0.05, 0.1) is 5.57 Å². The zero-order valence-corrected chi connectivity index (χ0v) is 12.4. The molecule has 0 saturated carbocycles. The van der Waals surface area contributed by atoms with Crippen LogP contribution >= 0.6 is 11.6 Å². The van der Waals surface area contributed by atoms with E-state index in [-0.39, 0.29) is 11.5 Å². The van der Waals surface area contributed by atoms with E-state index in [1.807, 2.05) is 24.3 Å². The minimum absolute atomic E-state index is 0.222. The maximum Gasteiger partial charge on any atom is 0.257 e. The highest BCUT2D eigenvalue weighted by atomic mass is 35.5. The Morgan fingerprint density at radius 2 is 1.89 bits per heavy atom. The third kappa shape index (κ3) is 4.21. The van der Waals surface area contributed by atoms with Crippen molar-refractivity contribution in [1.82, 2.24) is 0 Å². The summed E-state index contributed by atoms with van der Waals surface area (Å²) in [6.45, 7) is 5.96. The molecule has 0 bridgehead atoms. The van der Waals surface area contributed by atoms with Crippen molar-refractivity contribution in [2.75, 3.05) is 7.05 Å². The monoisotopic (exact) mass is 279 g/mol. The third-order valence-electron chi connectivity index (χ3n) is 2.70. The van der Waals surface area contributed by atoms with Crippen LogP contribution in [0, 0.1) is 0 Å². The maximum absolute atomic E-state index is 11.2. The van der Waals surface area contributed by atoms with Crippen molar-refractivity contribution in [3.05, 3.63) is 41.5 Å². The number of hydrogen-bond acceptors (Lipinski definition) is 3. The van der Waals surface area contributed by atoms with E-state index < -0.39 is 5.24 Å². The maximum atomic E-state index is 11.2. The number of carbonyl (C=O) groups excluding carboxylic acids is 1. The summed E-state index contributed by atoms with van der Waals surface area (Å²) >= 11 is 5.48. The Bertz CT molecular complexity index is 501. The number of hydrogen-bond donors (Lipinski definition) is 0. The molecule has 0 heterocycles. The number of benzene rings is 1. The van der Waals surface area contributed by atoms with Gasteiger partial charge in [0.25, 0.3) is 5.24 Å². The number of allylic oxidation sites excluding steroid dienone is 1. The largest absolute Gasteiger partial charge is 0.439 e. The van der Waals surface area contributed by atoms with Gasteiger partial charge in [-0.3, -0.25) is 9.79 Å². The fraction of sp³-hybridized carbons (Fsp3) is 0.333. The summed E-state index contributed by atoms with van der Waals surface area (Å²) in [5.41, 5.74) is 1.49. The Morgan fingerprint density at radius 1 is 1.32 bits per heavy atom. The molecule has 0 aliphatic rings. The second kappa shape index (κ2) is 7.10. The molecule has 0 aliphatic heterocycles. The van der Waals surface area contributed by atoms with Gasteiger partial charge in [0.15, 0.2) is 0 Å². The van der Waals surface area contributed by atoms with Gasteiger partial charge in [0, 0.05) is 7.05 Å². The summed E-state index contributed by atoms with van der Waals surface area (Å²) in [7, 11) is 1.56. The first-order valence-corrected chi connectivity index (χ1v) is 6.48. The van der Waals surface area contributed by atoms with E-state index >= 15 is 0 Å². The molecule has 0 amide bonds. The van der Waals surface area contributed by atoms with Crippen molar-refractivity contribution >= 4 is 22.7 Å². The lowest BCUT2D eigenvalue weighted by Crippen LogP contribution is -2.15. The fourth-order valence-electron chi connectivity index (χ4n) is 1.57. The Morgan fingerprint density at radius 3 is 2.26 bits per heavy atom. The van der Waals surface area contributed by atoms with Crippen molar-refractivity contribution in [3.63, 3.8) is 0 Å². The molecule has 0 N–H and O–H groups in total. The SMILES string of the molecule is C/C=C(/C(=O)Cl)C(=NC)Oc1ccc(C(C)C)cc1. The van der Waals surface area contributed by atoms with Crippen LogP contribution in [0.5, 0.6) is 5.75 Å². The number of carbonyl (C=O) groups is 1. The molecule has 0 radical (unpaired) electrons. The lowest BCUT2D eigenvalue weighted by molar-refractivity contribution is -0.108. The average Bonchev–Trinajstić information content (AvgIpc) is 2.38. The molecular formula is C15H18ClNO2. The lowest BCUT2D eigenvalue weighted by Gasteiger charge is -2.10. The Balaban J connectivity index is 2.91. The molecule has 3 nitrogen and oxygen atoms in total. The number of aliphatic imine (C=N–C) groups is 1. The van der Waals surface area contributed by atoms with Crippen LogP contribution in [0.2, 0.25) is 0 Å². The fourth-order valence-corrected chi connectivity index (χ4v) is 1.76. The number of nitrogens with zero attached hydrogens (tertiary/aromatic N) is 1. The number of rotatable bonds is 4. The van der Waals surface area contributed by atoms with Gasteiger partial charge in [-0.15, -0.1) is 0 Å². The van der Waals surface area contributed by atoms with Crippen molar-refractivity contribution in [3.8, 4) is 5.75 Å².